The van der Waals surface area contributed by atoms with Gasteiger partial charge in [0.15, 0.2) is 0 Å². The van der Waals surface area contributed by atoms with Gasteiger partial charge >= 0.3 is 0 Å². The molecule has 0 saturated carbocycles. The minimum absolute atomic E-state index is 0.202. The number of carbonyl (C=O) groups is 1. The third-order valence-electron chi connectivity index (χ3n) is 3.55. The highest BCUT2D eigenvalue weighted by Crippen LogP contribution is 2.22. The van der Waals surface area contributed by atoms with Crippen molar-refractivity contribution in [3.05, 3.63) is 57.8 Å². The van der Waals surface area contributed by atoms with Crippen molar-refractivity contribution in [2.24, 2.45) is 0 Å². The number of pyridine rings is 1. The average molecular weight is 358 g/mol. The summed E-state index contributed by atoms with van der Waals surface area (Å²) in [5.41, 5.74) is 3.76. The van der Waals surface area contributed by atoms with E-state index in [-0.39, 0.29) is 5.91 Å². The predicted molar refractivity (Wildman–Crippen MR) is 92.3 cm³/mol. The molecule has 22 heavy (non-hydrogen) atoms. The Morgan fingerprint density at radius 3 is 2.86 bits per heavy atom. The van der Waals surface area contributed by atoms with Crippen LogP contribution in [0.5, 0.6) is 0 Å². The third kappa shape index (κ3) is 2.90. The number of hydrogen-bond acceptors (Lipinski definition) is 2. The van der Waals surface area contributed by atoms with Crippen LogP contribution >= 0.6 is 15.9 Å². The van der Waals surface area contributed by atoms with Gasteiger partial charge in [-0.05, 0) is 64.7 Å². The van der Waals surface area contributed by atoms with Gasteiger partial charge in [-0.25, -0.2) is 4.98 Å². The zero-order chi connectivity index (χ0) is 15.7. The molecular weight excluding hydrogens is 342 g/mol. The molecule has 0 spiro atoms. The summed E-state index contributed by atoms with van der Waals surface area (Å²) in [6.07, 6.45) is 2.70. The highest BCUT2D eigenvalue weighted by molar-refractivity contribution is 9.10. The number of fused-ring (bicyclic) bond motifs is 1. The Kier molecular flexibility index (Phi) is 3.98. The number of hydrogen-bond donors (Lipinski definition) is 2. The maximum absolute atomic E-state index is 12.4. The number of nitrogens with zero attached hydrogens (tertiary/aromatic N) is 1. The normalized spacial score (nSPS) is 10.9. The number of rotatable bonds is 3. The van der Waals surface area contributed by atoms with Crippen molar-refractivity contribution in [3.63, 3.8) is 0 Å². The third-order valence-corrected chi connectivity index (χ3v) is 4.15. The molecule has 0 atom stereocenters. The van der Waals surface area contributed by atoms with E-state index in [1.807, 2.05) is 25.1 Å². The standard InChI is InChI=1S/C17H16BrN3O/c1-3-11-4-5-14-12(7-11)8-15(20-14)17(22)21-16-13(18)6-10(2)9-19-16/h4-9,20H,3H2,1-2H3,(H,19,21,22). The smallest absolute Gasteiger partial charge is 0.273 e. The van der Waals surface area contributed by atoms with Crippen LogP contribution < -0.4 is 5.32 Å². The molecule has 4 nitrogen and oxygen atoms in total. The van der Waals surface area contributed by atoms with E-state index in [1.54, 1.807) is 6.20 Å². The molecule has 5 heteroatoms. The number of aromatic nitrogens is 2. The Hall–Kier alpha value is -2.14. The van der Waals surface area contributed by atoms with E-state index in [0.29, 0.717) is 11.5 Å². The van der Waals surface area contributed by atoms with Gasteiger partial charge < -0.3 is 10.3 Å². The highest BCUT2D eigenvalue weighted by atomic mass is 79.9. The van der Waals surface area contributed by atoms with Crippen molar-refractivity contribution in [2.75, 3.05) is 5.32 Å². The van der Waals surface area contributed by atoms with Crippen LogP contribution in [0.1, 0.15) is 28.5 Å². The average Bonchev–Trinajstić information content (AvgIpc) is 2.93. The molecule has 0 saturated heterocycles. The Labute approximate surface area is 137 Å². The van der Waals surface area contributed by atoms with Gasteiger partial charge in [0.1, 0.15) is 11.5 Å². The van der Waals surface area contributed by atoms with Crippen LogP contribution in [0, 0.1) is 6.92 Å². The summed E-state index contributed by atoms with van der Waals surface area (Å²) in [5, 5.41) is 3.86. The van der Waals surface area contributed by atoms with Crippen molar-refractivity contribution >= 4 is 38.6 Å². The number of carbonyl (C=O) groups excluding carboxylic acids is 1. The summed E-state index contributed by atoms with van der Waals surface area (Å²) >= 11 is 3.41. The topological polar surface area (TPSA) is 57.8 Å². The van der Waals surface area contributed by atoms with Gasteiger partial charge in [0.05, 0.1) is 4.47 Å². The molecule has 2 N–H and O–H groups in total. The predicted octanol–water partition coefficient (Wildman–Crippen LogP) is 4.45. The van der Waals surface area contributed by atoms with E-state index in [4.69, 9.17) is 0 Å². The first-order valence-electron chi connectivity index (χ1n) is 7.12. The lowest BCUT2D eigenvalue weighted by Gasteiger charge is -2.05. The Bertz CT molecular complexity index is 854. The van der Waals surface area contributed by atoms with Crippen molar-refractivity contribution in [1.82, 2.24) is 9.97 Å². The van der Waals surface area contributed by atoms with Crippen LogP contribution in [-0.2, 0) is 6.42 Å². The Morgan fingerprint density at radius 2 is 2.14 bits per heavy atom. The van der Waals surface area contributed by atoms with Crippen molar-refractivity contribution in [3.8, 4) is 0 Å². The van der Waals surface area contributed by atoms with E-state index in [0.717, 1.165) is 27.4 Å². The minimum Gasteiger partial charge on any atom is -0.351 e. The lowest BCUT2D eigenvalue weighted by molar-refractivity contribution is 0.102. The van der Waals surface area contributed by atoms with E-state index in [2.05, 4.69) is 50.3 Å². The number of benzene rings is 1. The number of nitrogens with one attached hydrogen (secondary N) is 2. The summed E-state index contributed by atoms with van der Waals surface area (Å²) in [6.45, 7) is 4.06. The van der Waals surface area contributed by atoms with Crippen molar-refractivity contribution in [2.45, 2.75) is 20.3 Å². The number of aryl methyl sites for hydroxylation is 2. The zero-order valence-electron chi connectivity index (χ0n) is 12.4. The summed E-state index contributed by atoms with van der Waals surface area (Å²) in [6, 6.07) is 9.96. The molecule has 0 aliphatic rings. The molecule has 0 aliphatic heterocycles. The van der Waals surface area contributed by atoms with Crippen LogP contribution in [0.15, 0.2) is 41.0 Å². The summed E-state index contributed by atoms with van der Waals surface area (Å²) < 4.78 is 0.769. The van der Waals surface area contributed by atoms with E-state index in [1.165, 1.54) is 5.56 Å². The van der Waals surface area contributed by atoms with E-state index < -0.39 is 0 Å². The zero-order valence-corrected chi connectivity index (χ0v) is 14.0. The van der Waals surface area contributed by atoms with Gasteiger partial charge in [-0.15, -0.1) is 0 Å². The first-order chi connectivity index (χ1) is 10.6. The first kappa shape index (κ1) is 14.8. The lowest BCUT2D eigenvalue weighted by Crippen LogP contribution is -2.13. The molecule has 112 valence electrons. The Morgan fingerprint density at radius 1 is 1.32 bits per heavy atom. The number of H-pyrrole nitrogens is 1. The molecule has 1 aromatic carbocycles. The second-order valence-electron chi connectivity index (χ2n) is 5.26. The maximum Gasteiger partial charge on any atom is 0.273 e. The molecular formula is C17H16BrN3O. The number of halogens is 1. The molecule has 0 fully saturated rings. The van der Waals surface area contributed by atoms with Gasteiger partial charge in [-0.3, -0.25) is 4.79 Å². The molecule has 2 heterocycles. The summed E-state index contributed by atoms with van der Waals surface area (Å²) in [4.78, 5) is 19.7. The molecule has 0 unspecified atom stereocenters. The fraction of sp³-hybridized carbons (Fsp3) is 0.176. The maximum atomic E-state index is 12.4. The van der Waals surface area contributed by atoms with Gasteiger partial charge in [-0.1, -0.05) is 13.0 Å². The van der Waals surface area contributed by atoms with E-state index >= 15 is 0 Å². The molecule has 0 bridgehead atoms. The van der Waals surface area contributed by atoms with Gasteiger partial charge in [0, 0.05) is 17.1 Å². The fourth-order valence-electron chi connectivity index (χ4n) is 2.32. The van der Waals surface area contributed by atoms with Crippen molar-refractivity contribution < 1.29 is 4.79 Å². The quantitative estimate of drug-likeness (QED) is 0.727. The Balaban J connectivity index is 1.88. The summed E-state index contributed by atoms with van der Waals surface area (Å²) in [5.74, 6) is 0.315. The monoisotopic (exact) mass is 357 g/mol. The van der Waals surface area contributed by atoms with Crippen LogP contribution in [0.4, 0.5) is 5.82 Å². The second kappa shape index (κ2) is 5.93. The molecule has 0 radical (unpaired) electrons. The van der Waals surface area contributed by atoms with Gasteiger partial charge in [0.2, 0.25) is 0 Å². The van der Waals surface area contributed by atoms with E-state index in [9.17, 15) is 4.79 Å². The van der Waals surface area contributed by atoms with Gasteiger partial charge in [0.25, 0.3) is 5.91 Å². The minimum atomic E-state index is -0.202. The van der Waals surface area contributed by atoms with Crippen LogP contribution in [0.3, 0.4) is 0 Å². The molecule has 1 amide bonds. The molecule has 2 aromatic heterocycles. The summed E-state index contributed by atoms with van der Waals surface area (Å²) in [7, 11) is 0. The van der Waals surface area contributed by atoms with Gasteiger partial charge in [-0.2, -0.15) is 0 Å². The number of anilines is 1. The van der Waals surface area contributed by atoms with Crippen LogP contribution in [0.25, 0.3) is 10.9 Å². The highest BCUT2D eigenvalue weighted by Gasteiger charge is 2.12. The number of aromatic amines is 1. The number of amides is 1. The fourth-order valence-corrected chi connectivity index (χ4v) is 2.89. The van der Waals surface area contributed by atoms with Crippen molar-refractivity contribution in [1.29, 1.82) is 0 Å². The molecule has 3 rings (SSSR count). The van der Waals surface area contributed by atoms with Crippen LogP contribution in [0.2, 0.25) is 0 Å². The van der Waals surface area contributed by atoms with Crippen LogP contribution in [-0.4, -0.2) is 15.9 Å². The molecule has 3 aromatic rings. The largest absolute Gasteiger partial charge is 0.351 e. The second-order valence-corrected chi connectivity index (χ2v) is 6.11. The molecule has 0 aliphatic carbocycles. The first-order valence-corrected chi connectivity index (χ1v) is 7.91. The SMILES string of the molecule is CCc1ccc2[nH]c(C(=O)Nc3ncc(C)cc3Br)cc2c1. The lowest BCUT2D eigenvalue weighted by atomic mass is 10.1.